The van der Waals surface area contributed by atoms with E-state index in [2.05, 4.69) is 33.3 Å². The van der Waals surface area contributed by atoms with Gasteiger partial charge in [-0.2, -0.15) is 9.61 Å². The molecule has 158 valence electrons. The zero-order valence-electron chi connectivity index (χ0n) is 17.6. The van der Waals surface area contributed by atoms with Gasteiger partial charge in [0.2, 0.25) is 0 Å². The summed E-state index contributed by atoms with van der Waals surface area (Å²) >= 11 is 0. The Bertz CT molecular complexity index is 1450. The fourth-order valence-electron chi connectivity index (χ4n) is 4.59. The first kappa shape index (κ1) is 19.0. The molecule has 0 bridgehead atoms. The molecule has 1 saturated carbocycles. The van der Waals surface area contributed by atoms with Gasteiger partial charge in [-0.3, -0.25) is 4.98 Å². The van der Waals surface area contributed by atoms with Crippen molar-refractivity contribution >= 4 is 16.7 Å². The van der Waals surface area contributed by atoms with Crippen LogP contribution in [0.2, 0.25) is 0 Å². The number of hydrogen-bond donors (Lipinski definition) is 2. The third-order valence-electron chi connectivity index (χ3n) is 6.29. The van der Waals surface area contributed by atoms with Crippen LogP contribution in [0.15, 0.2) is 67.1 Å². The molecule has 0 radical (unpaired) electrons. The Morgan fingerprint density at radius 2 is 1.88 bits per heavy atom. The molecule has 7 heteroatoms. The lowest BCUT2D eigenvalue weighted by atomic mass is 9.70. The third kappa shape index (κ3) is 2.97. The van der Waals surface area contributed by atoms with Crippen molar-refractivity contribution in [1.29, 1.82) is 0 Å². The lowest BCUT2D eigenvalue weighted by molar-refractivity contribution is 0.0209. The van der Waals surface area contributed by atoms with E-state index in [-0.39, 0.29) is 6.10 Å². The smallest absolute Gasteiger partial charge is 0.165 e. The summed E-state index contributed by atoms with van der Waals surface area (Å²) in [5.41, 5.74) is 13.2. The standard InChI is InChI=1S/C25H22N6O/c1-15-9-22-28-14-18-10-21(17-3-2-8-27-13-17)23(29-24(18)31(22)30-15)16-4-6-19(7-5-16)25(26)11-20(32)12-25/h2-10,13-14,20,32H,11-12,26H2,1H3. The molecular formula is C25H22N6O. The Hall–Kier alpha value is -3.68. The average Bonchev–Trinajstić information content (AvgIpc) is 3.19. The Balaban J connectivity index is 1.56. The Kier molecular flexibility index (Phi) is 4.11. The van der Waals surface area contributed by atoms with E-state index < -0.39 is 5.54 Å². The molecule has 0 aliphatic heterocycles. The second-order valence-corrected chi connectivity index (χ2v) is 8.65. The van der Waals surface area contributed by atoms with E-state index in [9.17, 15) is 5.11 Å². The van der Waals surface area contributed by atoms with E-state index in [1.54, 1.807) is 10.7 Å². The van der Waals surface area contributed by atoms with Crippen LogP contribution in [0.25, 0.3) is 39.1 Å². The zero-order valence-corrected chi connectivity index (χ0v) is 17.6. The number of fused-ring (bicyclic) bond motifs is 3. The van der Waals surface area contributed by atoms with Gasteiger partial charge in [0.1, 0.15) is 0 Å². The summed E-state index contributed by atoms with van der Waals surface area (Å²) in [5.74, 6) is 0. The van der Waals surface area contributed by atoms with Crippen LogP contribution in [0, 0.1) is 6.92 Å². The van der Waals surface area contributed by atoms with Crippen molar-refractivity contribution in [3.63, 3.8) is 0 Å². The fraction of sp³-hybridized carbons (Fsp3) is 0.200. The zero-order chi connectivity index (χ0) is 21.9. The van der Waals surface area contributed by atoms with Gasteiger partial charge < -0.3 is 10.8 Å². The summed E-state index contributed by atoms with van der Waals surface area (Å²) in [4.78, 5) is 13.9. The summed E-state index contributed by atoms with van der Waals surface area (Å²) in [6, 6.07) is 16.2. The number of aliphatic hydroxyl groups is 1. The Morgan fingerprint density at radius 3 is 2.59 bits per heavy atom. The van der Waals surface area contributed by atoms with Crippen molar-refractivity contribution in [2.24, 2.45) is 5.73 Å². The second-order valence-electron chi connectivity index (χ2n) is 8.65. The van der Waals surface area contributed by atoms with Crippen LogP contribution in [-0.2, 0) is 5.54 Å². The quantitative estimate of drug-likeness (QED) is 0.460. The SMILES string of the molecule is Cc1cc2ncc3cc(-c4cccnc4)c(-c4ccc(C5(N)CC(O)C5)cc4)nc3n2n1. The van der Waals surface area contributed by atoms with Crippen LogP contribution >= 0.6 is 0 Å². The van der Waals surface area contributed by atoms with E-state index >= 15 is 0 Å². The molecule has 0 saturated heterocycles. The highest BCUT2D eigenvalue weighted by Crippen LogP contribution is 2.40. The molecule has 1 fully saturated rings. The van der Waals surface area contributed by atoms with Gasteiger partial charge in [-0.1, -0.05) is 30.3 Å². The van der Waals surface area contributed by atoms with Gasteiger partial charge in [-0.05, 0) is 37.5 Å². The van der Waals surface area contributed by atoms with Gasteiger partial charge in [0.25, 0.3) is 0 Å². The Morgan fingerprint density at radius 1 is 1.06 bits per heavy atom. The average molecular weight is 422 g/mol. The monoisotopic (exact) mass is 422 g/mol. The molecule has 0 spiro atoms. The van der Waals surface area contributed by atoms with Gasteiger partial charge in [-0.25, -0.2) is 9.97 Å². The molecule has 3 N–H and O–H groups in total. The minimum Gasteiger partial charge on any atom is -0.393 e. The van der Waals surface area contributed by atoms with Gasteiger partial charge in [0.15, 0.2) is 11.3 Å². The van der Waals surface area contributed by atoms with Gasteiger partial charge >= 0.3 is 0 Å². The predicted molar refractivity (Wildman–Crippen MR) is 123 cm³/mol. The first-order valence-electron chi connectivity index (χ1n) is 10.6. The summed E-state index contributed by atoms with van der Waals surface area (Å²) in [6.07, 6.45) is 6.31. The molecule has 5 aromatic rings. The number of nitrogens with two attached hydrogens (primary N) is 1. The Labute approximate surface area is 184 Å². The van der Waals surface area contributed by atoms with Crippen LogP contribution in [0.4, 0.5) is 0 Å². The van der Waals surface area contributed by atoms with Gasteiger partial charge in [0.05, 0.1) is 17.5 Å². The molecule has 1 aromatic carbocycles. The summed E-state index contributed by atoms with van der Waals surface area (Å²) in [7, 11) is 0. The van der Waals surface area contributed by atoms with E-state index in [4.69, 9.17) is 10.7 Å². The normalized spacial score (nSPS) is 20.5. The molecule has 4 heterocycles. The van der Waals surface area contributed by atoms with Gasteiger partial charge in [0, 0.05) is 52.3 Å². The molecule has 6 rings (SSSR count). The van der Waals surface area contributed by atoms with E-state index in [0.717, 1.165) is 50.3 Å². The van der Waals surface area contributed by atoms with Crippen LogP contribution in [-0.4, -0.2) is 35.8 Å². The minimum absolute atomic E-state index is 0.312. The number of pyridine rings is 2. The van der Waals surface area contributed by atoms with Crippen molar-refractivity contribution in [2.75, 3.05) is 0 Å². The maximum absolute atomic E-state index is 9.72. The summed E-state index contributed by atoms with van der Waals surface area (Å²) in [6.45, 7) is 1.95. The third-order valence-corrected chi connectivity index (χ3v) is 6.29. The lowest BCUT2D eigenvalue weighted by Gasteiger charge is -2.42. The van der Waals surface area contributed by atoms with Crippen molar-refractivity contribution < 1.29 is 5.11 Å². The first-order valence-corrected chi connectivity index (χ1v) is 10.6. The van der Waals surface area contributed by atoms with Crippen LogP contribution in [0.5, 0.6) is 0 Å². The molecule has 0 amide bonds. The summed E-state index contributed by atoms with van der Waals surface area (Å²) < 4.78 is 1.79. The van der Waals surface area contributed by atoms with Crippen LogP contribution in [0.1, 0.15) is 24.1 Å². The van der Waals surface area contributed by atoms with E-state index in [0.29, 0.717) is 12.8 Å². The van der Waals surface area contributed by atoms with E-state index in [1.807, 2.05) is 49.6 Å². The van der Waals surface area contributed by atoms with Crippen molar-refractivity contribution in [2.45, 2.75) is 31.4 Å². The maximum Gasteiger partial charge on any atom is 0.165 e. The molecule has 7 nitrogen and oxygen atoms in total. The second kappa shape index (κ2) is 6.91. The largest absolute Gasteiger partial charge is 0.393 e. The van der Waals surface area contributed by atoms with Crippen LogP contribution in [0.3, 0.4) is 0 Å². The number of aryl methyl sites for hydroxylation is 1. The molecular weight excluding hydrogens is 400 g/mol. The van der Waals surface area contributed by atoms with Crippen LogP contribution < -0.4 is 5.73 Å². The molecule has 1 aliphatic carbocycles. The number of hydrogen-bond acceptors (Lipinski definition) is 6. The van der Waals surface area contributed by atoms with Crippen molar-refractivity contribution in [3.8, 4) is 22.4 Å². The number of aliphatic hydroxyl groups excluding tert-OH is 1. The fourth-order valence-corrected chi connectivity index (χ4v) is 4.59. The molecule has 0 unspecified atom stereocenters. The molecule has 0 atom stereocenters. The topological polar surface area (TPSA) is 102 Å². The first-order chi connectivity index (χ1) is 15.5. The molecule has 4 aromatic heterocycles. The highest BCUT2D eigenvalue weighted by Gasteiger charge is 2.41. The van der Waals surface area contributed by atoms with E-state index in [1.165, 1.54) is 0 Å². The summed E-state index contributed by atoms with van der Waals surface area (Å²) in [5, 5.41) is 15.2. The molecule has 1 aliphatic rings. The highest BCUT2D eigenvalue weighted by atomic mass is 16.3. The lowest BCUT2D eigenvalue weighted by Crippen LogP contribution is -2.51. The van der Waals surface area contributed by atoms with Crippen molar-refractivity contribution in [1.82, 2.24) is 24.6 Å². The number of aromatic nitrogens is 5. The predicted octanol–water partition coefficient (Wildman–Crippen LogP) is 3.62. The van der Waals surface area contributed by atoms with Crippen molar-refractivity contribution in [3.05, 3.63) is 78.4 Å². The maximum atomic E-state index is 9.72. The minimum atomic E-state index is -0.453. The molecule has 32 heavy (non-hydrogen) atoms. The van der Waals surface area contributed by atoms with Gasteiger partial charge in [-0.15, -0.1) is 0 Å². The highest BCUT2D eigenvalue weighted by molar-refractivity contribution is 5.90. The number of nitrogens with zero attached hydrogens (tertiary/aromatic N) is 5. The number of rotatable bonds is 3. The number of benzene rings is 1.